The number of aromatic nitrogens is 1. The molecule has 0 bridgehead atoms. The zero-order valence-corrected chi connectivity index (χ0v) is 14.2. The number of Topliss-reactive ketones (excluding diaryl/α,β-unsaturated/α-hetero) is 1. The van der Waals surface area contributed by atoms with Gasteiger partial charge in [0.2, 0.25) is 0 Å². The van der Waals surface area contributed by atoms with Gasteiger partial charge in [0.1, 0.15) is 5.82 Å². The number of carbonyl (C=O) groups excluding carboxylic acids is 2. The van der Waals surface area contributed by atoms with E-state index in [1.165, 1.54) is 13.2 Å². The number of hydrogen-bond donors (Lipinski definition) is 1. The second-order valence-corrected chi connectivity index (χ2v) is 6.55. The third-order valence-electron chi connectivity index (χ3n) is 3.58. The Morgan fingerprint density at radius 1 is 1.26 bits per heavy atom. The first-order chi connectivity index (χ1) is 10.9. The van der Waals surface area contributed by atoms with Gasteiger partial charge in [-0.15, -0.1) is 11.8 Å². The molecule has 6 heteroatoms. The summed E-state index contributed by atoms with van der Waals surface area (Å²) in [7, 11) is 1.30. The van der Waals surface area contributed by atoms with Crippen molar-refractivity contribution in [2.24, 2.45) is 0 Å². The maximum absolute atomic E-state index is 13.7. The summed E-state index contributed by atoms with van der Waals surface area (Å²) in [6.45, 7) is 5.13. The number of ketones is 1. The molecule has 2 aromatic rings. The molecular weight excluding hydrogens is 317 g/mol. The summed E-state index contributed by atoms with van der Waals surface area (Å²) >= 11 is 1.15. The van der Waals surface area contributed by atoms with Crippen molar-refractivity contribution in [3.8, 4) is 0 Å². The number of rotatable bonds is 5. The molecule has 0 spiro atoms. The van der Waals surface area contributed by atoms with E-state index in [-0.39, 0.29) is 11.6 Å². The molecular formula is C17H18FNO3S. The van der Waals surface area contributed by atoms with Gasteiger partial charge in [0.05, 0.1) is 23.6 Å². The van der Waals surface area contributed by atoms with Crippen molar-refractivity contribution < 1.29 is 18.7 Å². The minimum Gasteiger partial charge on any atom is -0.465 e. The van der Waals surface area contributed by atoms with Crippen LogP contribution in [0.1, 0.15) is 39.0 Å². The molecule has 0 fully saturated rings. The van der Waals surface area contributed by atoms with Crippen molar-refractivity contribution in [1.82, 2.24) is 4.98 Å². The number of ether oxygens (including phenoxy) is 1. The number of hydrogen-bond acceptors (Lipinski definition) is 4. The summed E-state index contributed by atoms with van der Waals surface area (Å²) < 4.78 is 18.5. The molecule has 0 saturated carbocycles. The van der Waals surface area contributed by atoms with E-state index in [0.717, 1.165) is 11.8 Å². The molecule has 0 radical (unpaired) electrons. The molecule has 1 heterocycles. The van der Waals surface area contributed by atoms with Crippen LogP contribution in [0.2, 0.25) is 0 Å². The molecule has 1 aromatic heterocycles. The van der Waals surface area contributed by atoms with Gasteiger partial charge in [0.15, 0.2) is 5.78 Å². The molecule has 122 valence electrons. The smallest absolute Gasteiger partial charge is 0.339 e. The first-order valence-corrected chi connectivity index (χ1v) is 7.97. The zero-order chi connectivity index (χ0) is 17.1. The first-order valence-electron chi connectivity index (χ1n) is 7.09. The lowest BCUT2D eigenvalue weighted by Gasteiger charge is -2.10. The monoisotopic (exact) mass is 335 g/mol. The number of nitrogens with one attached hydrogen (secondary N) is 1. The van der Waals surface area contributed by atoms with E-state index in [2.05, 4.69) is 4.98 Å². The summed E-state index contributed by atoms with van der Waals surface area (Å²) in [6, 6.07) is 6.32. The van der Waals surface area contributed by atoms with Gasteiger partial charge in [0.25, 0.3) is 0 Å². The van der Waals surface area contributed by atoms with Crippen LogP contribution in [0.5, 0.6) is 0 Å². The Kier molecular flexibility index (Phi) is 5.26. The number of esters is 1. The van der Waals surface area contributed by atoms with Crippen molar-refractivity contribution in [3.63, 3.8) is 0 Å². The Bertz CT molecular complexity index is 754. The Morgan fingerprint density at radius 2 is 1.91 bits per heavy atom. The summed E-state index contributed by atoms with van der Waals surface area (Å²) in [5, 5.41) is -0.492. The number of halogens is 1. The van der Waals surface area contributed by atoms with Crippen molar-refractivity contribution >= 4 is 23.5 Å². The highest BCUT2D eigenvalue weighted by Crippen LogP contribution is 2.29. The summed E-state index contributed by atoms with van der Waals surface area (Å²) in [5.74, 6) is -1.02. The van der Waals surface area contributed by atoms with E-state index in [1.54, 1.807) is 39.0 Å². The van der Waals surface area contributed by atoms with E-state index >= 15 is 0 Å². The van der Waals surface area contributed by atoms with Crippen LogP contribution >= 0.6 is 11.8 Å². The van der Waals surface area contributed by atoms with Crippen LogP contribution in [-0.4, -0.2) is 29.1 Å². The number of aryl methyl sites for hydroxylation is 1. The highest BCUT2D eigenvalue weighted by molar-refractivity contribution is 8.00. The van der Waals surface area contributed by atoms with E-state index in [0.29, 0.717) is 27.4 Å². The molecule has 1 aromatic carbocycles. The Morgan fingerprint density at radius 3 is 2.52 bits per heavy atom. The average molecular weight is 335 g/mol. The van der Waals surface area contributed by atoms with Crippen molar-refractivity contribution in [3.05, 3.63) is 52.6 Å². The number of H-pyrrole nitrogens is 1. The molecule has 1 atom stereocenters. The average Bonchev–Trinajstić information content (AvgIpc) is 2.82. The van der Waals surface area contributed by atoms with Gasteiger partial charge >= 0.3 is 5.97 Å². The molecule has 0 saturated heterocycles. The third-order valence-corrected chi connectivity index (χ3v) is 4.74. The van der Waals surface area contributed by atoms with Gasteiger partial charge in [-0.3, -0.25) is 4.79 Å². The minimum atomic E-state index is -0.492. The van der Waals surface area contributed by atoms with Crippen molar-refractivity contribution in [2.75, 3.05) is 7.11 Å². The Hall–Kier alpha value is -2.08. The largest absolute Gasteiger partial charge is 0.465 e. The SMILES string of the molecule is COC(=O)c1c(C)[nH]c(C(=O)C(C)Sc2ccccc2F)c1C. The number of benzene rings is 1. The Labute approximate surface area is 138 Å². The summed E-state index contributed by atoms with van der Waals surface area (Å²) in [4.78, 5) is 27.8. The molecule has 0 aliphatic carbocycles. The molecule has 23 heavy (non-hydrogen) atoms. The maximum atomic E-state index is 13.7. The molecule has 0 aliphatic rings. The minimum absolute atomic E-state index is 0.186. The molecule has 1 unspecified atom stereocenters. The van der Waals surface area contributed by atoms with Crippen LogP contribution in [0.3, 0.4) is 0 Å². The topological polar surface area (TPSA) is 59.2 Å². The normalized spacial score (nSPS) is 12.0. The standard InChI is InChI=1S/C17H18FNO3S/c1-9-14(17(21)22-4)10(2)19-15(9)16(20)11(3)23-13-8-6-5-7-12(13)18/h5-8,11,19H,1-4H3. The van der Waals surface area contributed by atoms with E-state index in [1.807, 2.05) is 0 Å². The fourth-order valence-electron chi connectivity index (χ4n) is 2.39. The number of methoxy groups -OCH3 is 1. The lowest BCUT2D eigenvalue weighted by Crippen LogP contribution is -2.15. The fraction of sp³-hybridized carbons (Fsp3) is 0.294. The van der Waals surface area contributed by atoms with Gasteiger partial charge < -0.3 is 9.72 Å². The lowest BCUT2D eigenvalue weighted by molar-refractivity contribution is 0.0599. The van der Waals surface area contributed by atoms with Crippen LogP contribution in [0.25, 0.3) is 0 Å². The van der Waals surface area contributed by atoms with Crippen LogP contribution in [0.4, 0.5) is 4.39 Å². The molecule has 0 amide bonds. The van der Waals surface area contributed by atoms with Crippen LogP contribution < -0.4 is 0 Å². The van der Waals surface area contributed by atoms with E-state index in [9.17, 15) is 14.0 Å². The van der Waals surface area contributed by atoms with E-state index in [4.69, 9.17) is 4.74 Å². The fourth-order valence-corrected chi connectivity index (χ4v) is 3.34. The van der Waals surface area contributed by atoms with Gasteiger partial charge in [0, 0.05) is 10.6 Å². The predicted molar refractivity (Wildman–Crippen MR) is 87.7 cm³/mol. The first kappa shape index (κ1) is 17.3. The molecule has 2 rings (SSSR count). The predicted octanol–water partition coefficient (Wildman–Crippen LogP) is 3.92. The molecule has 1 N–H and O–H groups in total. The zero-order valence-electron chi connectivity index (χ0n) is 13.4. The van der Waals surface area contributed by atoms with Gasteiger partial charge in [-0.2, -0.15) is 0 Å². The van der Waals surface area contributed by atoms with Gasteiger partial charge in [-0.1, -0.05) is 12.1 Å². The second-order valence-electron chi connectivity index (χ2n) is 5.17. The highest BCUT2D eigenvalue weighted by atomic mass is 32.2. The van der Waals surface area contributed by atoms with Crippen LogP contribution in [0, 0.1) is 19.7 Å². The summed E-state index contributed by atoms with van der Waals surface area (Å²) in [5.41, 5.74) is 1.87. The molecule has 4 nitrogen and oxygen atoms in total. The quantitative estimate of drug-likeness (QED) is 0.511. The van der Waals surface area contributed by atoms with Crippen molar-refractivity contribution in [1.29, 1.82) is 0 Å². The van der Waals surface area contributed by atoms with Crippen molar-refractivity contribution in [2.45, 2.75) is 30.9 Å². The maximum Gasteiger partial charge on any atom is 0.339 e. The van der Waals surface area contributed by atoms with E-state index < -0.39 is 11.2 Å². The van der Waals surface area contributed by atoms with Crippen LogP contribution in [-0.2, 0) is 4.74 Å². The number of aromatic amines is 1. The lowest BCUT2D eigenvalue weighted by atomic mass is 10.1. The molecule has 0 aliphatic heterocycles. The van der Waals surface area contributed by atoms with Gasteiger partial charge in [-0.05, 0) is 38.5 Å². The number of carbonyl (C=O) groups is 2. The Balaban J connectivity index is 2.27. The van der Waals surface area contributed by atoms with Gasteiger partial charge in [-0.25, -0.2) is 9.18 Å². The summed E-state index contributed by atoms with van der Waals surface area (Å²) in [6.07, 6.45) is 0. The van der Waals surface area contributed by atoms with Crippen LogP contribution in [0.15, 0.2) is 29.2 Å². The third kappa shape index (κ3) is 3.47. The second kappa shape index (κ2) is 7.00. The number of thioether (sulfide) groups is 1. The highest BCUT2D eigenvalue weighted by Gasteiger charge is 2.26.